The van der Waals surface area contributed by atoms with E-state index in [1.54, 1.807) is 12.1 Å². The topological polar surface area (TPSA) is 55.4 Å². The summed E-state index contributed by atoms with van der Waals surface area (Å²) in [5.74, 6) is 0.389. The Morgan fingerprint density at radius 1 is 1.09 bits per heavy atom. The Labute approximate surface area is 132 Å². The Morgan fingerprint density at radius 2 is 1.82 bits per heavy atom. The summed E-state index contributed by atoms with van der Waals surface area (Å²) in [6.45, 7) is 4.47. The van der Waals surface area contributed by atoms with E-state index in [4.69, 9.17) is 4.74 Å². The van der Waals surface area contributed by atoms with Crippen molar-refractivity contribution in [1.29, 1.82) is 0 Å². The van der Waals surface area contributed by atoms with E-state index in [1.807, 2.05) is 50.2 Å². The second kappa shape index (κ2) is 7.42. The summed E-state index contributed by atoms with van der Waals surface area (Å²) < 4.78 is 33.0. The Hall–Kier alpha value is -1.85. The fraction of sp³-hybridized carbons (Fsp3) is 0.294. The predicted octanol–water partition coefficient (Wildman–Crippen LogP) is 2.91. The molecule has 0 aliphatic rings. The molecule has 0 aromatic heterocycles. The molecule has 2 aromatic carbocycles. The second-order valence-corrected chi connectivity index (χ2v) is 6.75. The summed E-state index contributed by atoms with van der Waals surface area (Å²) in [5, 5.41) is 0. The first-order valence-electron chi connectivity index (χ1n) is 7.30. The molecule has 0 bridgehead atoms. The van der Waals surface area contributed by atoms with E-state index in [1.165, 1.54) is 0 Å². The smallest absolute Gasteiger partial charge is 0.244 e. The van der Waals surface area contributed by atoms with Crippen LogP contribution in [0.4, 0.5) is 0 Å². The summed E-state index contributed by atoms with van der Waals surface area (Å²) in [5.41, 5.74) is 1.98. The molecule has 0 saturated carbocycles. The summed E-state index contributed by atoms with van der Waals surface area (Å²) in [6, 6.07) is 15.0. The summed E-state index contributed by atoms with van der Waals surface area (Å²) in [6.07, 6.45) is 0.649. The highest BCUT2D eigenvalue weighted by Crippen LogP contribution is 2.24. The van der Waals surface area contributed by atoms with Gasteiger partial charge in [-0.1, -0.05) is 36.4 Å². The lowest BCUT2D eigenvalue weighted by Crippen LogP contribution is -2.26. The van der Waals surface area contributed by atoms with Gasteiger partial charge in [-0.3, -0.25) is 0 Å². The molecular formula is C17H21NO3S. The molecule has 0 atom stereocenters. The van der Waals surface area contributed by atoms with Crippen LogP contribution in [0.15, 0.2) is 53.4 Å². The van der Waals surface area contributed by atoms with Gasteiger partial charge in [0.2, 0.25) is 10.0 Å². The molecule has 118 valence electrons. The van der Waals surface area contributed by atoms with Crippen LogP contribution in [0.3, 0.4) is 0 Å². The highest BCUT2D eigenvalue weighted by Gasteiger charge is 2.19. The minimum Gasteiger partial charge on any atom is -0.492 e. The Bertz CT molecular complexity index is 712. The van der Waals surface area contributed by atoms with Gasteiger partial charge in [0.15, 0.2) is 0 Å². The van der Waals surface area contributed by atoms with E-state index in [0.717, 1.165) is 11.1 Å². The van der Waals surface area contributed by atoms with Gasteiger partial charge in [-0.15, -0.1) is 0 Å². The molecular weight excluding hydrogens is 298 g/mol. The van der Waals surface area contributed by atoms with E-state index in [-0.39, 0.29) is 4.90 Å². The maximum absolute atomic E-state index is 12.5. The fourth-order valence-electron chi connectivity index (χ4n) is 2.15. The third-order valence-electron chi connectivity index (χ3n) is 3.24. The Balaban J connectivity index is 2.11. The zero-order chi connectivity index (χ0) is 16.0. The molecule has 2 rings (SSSR count). The van der Waals surface area contributed by atoms with Crippen molar-refractivity contribution in [3.63, 3.8) is 0 Å². The van der Waals surface area contributed by atoms with Crippen LogP contribution in [0, 0.1) is 6.92 Å². The van der Waals surface area contributed by atoms with Crippen molar-refractivity contribution in [1.82, 2.24) is 4.72 Å². The number of hydrogen-bond donors (Lipinski definition) is 1. The zero-order valence-electron chi connectivity index (χ0n) is 12.9. The van der Waals surface area contributed by atoms with Gasteiger partial charge in [0, 0.05) is 6.54 Å². The highest BCUT2D eigenvalue weighted by molar-refractivity contribution is 7.89. The first-order chi connectivity index (χ1) is 10.5. The number of sulfonamides is 1. The van der Waals surface area contributed by atoms with Crippen molar-refractivity contribution in [2.24, 2.45) is 0 Å². The van der Waals surface area contributed by atoms with E-state index in [2.05, 4.69) is 4.72 Å². The van der Waals surface area contributed by atoms with Crippen LogP contribution in [-0.2, 0) is 16.4 Å². The summed E-state index contributed by atoms with van der Waals surface area (Å²) in [7, 11) is -3.58. The summed E-state index contributed by atoms with van der Waals surface area (Å²) in [4.78, 5) is 0.197. The van der Waals surface area contributed by atoms with Crippen molar-refractivity contribution in [2.75, 3.05) is 13.2 Å². The third kappa shape index (κ3) is 4.32. The van der Waals surface area contributed by atoms with Gasteiger partial charge in [0.1, 0.15) is 10.6 Å². The molecule has 5 heteroatoms. The third-order valence-corrected chi connectivity index (χ3v) is 4.72. The van der Waals surface area contributed by atoms with Gasteiger partial charge >= 0.3 is 0 Å². The lowest BCUT2D eigenvalue weighted by atomic mass is 10.2. The molecule has 0 radical (unpaired) electrons. The predicted molar refractivity (Wildman–Crippen MR) is 87.7 cm³/mol. The molecule has 4 nitrogen and oxygen atoms in total. The van der Waals surface area contributed by atoms with Gasteiger partial charge in [0.05, 0.1) is 6.61 Å². The monoisotopic (exact) mass is 319 g/mol. The second-order valence-electron chi connectivity index (χ2n) is 5.02. The van der Waals surface area contributed by atoms with Crippen LogP contribution >= 0.6 is 0 Å². The van der Waals surface area contributed by atoms with E-state index < -0.39 is 10.0 Å². The average Bonchev–Trinajstić information content (AvgIpc) is 2.50. The molecule has 0 unspecified atom stereocenters. The van der Waals surface area contributed by atoms with E-state index >= 15 is 0 Å². The Kier molecular flexibility index (Phi) is 5.57. The van der Waals surface area contributed by atoms with Crippen molar-refractivity contribution >= 4 is 10.0 Å². The zero-order valence-corrected chi connectivity index (χ0v) is 13.7. The molecule has 0 aliphatic heterocycles. The number of ether oxygens (including phenoxy) is 1. The van der Waals surface area contributed by atoms with Crippen molar-refractivity contribution in [2.45, 2.75) is 25.2 Å². The lowest BCUT2D eigenvalue weighted by Gasteiger charge is -2.12. The Morgan fingerprint density at radius 3 is 2.50 bits per heavy atom. The first kappa shape index (κ1) is 16.5. The minimum absolute atomic E-state index is 0.197. The number of aryl methyl sites for hydroxylation is 1. The molecule has 0 heterocycles. The summed E-state index contributed by atoms with van der Waals surface area (Å²) >= 11 is 0. The number of benzene rings is 2. The number of hydrogen-bond acceptors (Lipinski definition) is 3. The van der Waals surface area contributed by atoms with Gasteiger partial charge in [-0.05, 0) is 43.5 Å². The standard InChI is InChI=1S/C17H21NO3S/c1-3-21-16-10-9-14(2)13-17(16)22(19,20)18-12-11-15-7-5-4-6-8-15/h4-10,13,18H,3,11-12H2,1-2H3. The number of nitrogens with one attached hydrogen (secondary N) is 1. The molecule has 0 fully saturated rings. The van der Waals surface area contributed by atoms with Crippen LogP contribution in [0.25, 0.3) is 0 Å². The fourth-order valence-corrected chi connectivity index (χ4v) is 3.41. The van der Waals surface area contributed by atoms with Gasteiger partial charge < -0.3 is 4.74 Å². The van der Waals surface area contributed by atoms with Crippen molar-refractivity contribution in [3.8, 4) is 5.75 Å². The largest absolute Gasteiger partial charge is 0.492 e. The molecule has 1 N–H and O–H groups in total. The normalized spacial score (nSPS) is 11.4. The molecule has 0 saturated heterocycles. The maximum atomic E-state index is 12.5. The first-order valence-corrected chi connectivity index (χ1v) is 8.78. The molecule has 2 aromatic rings. The van der Waals surface area contributed by atoms with Gasteiger partial charge in [0.25, 0.3) is 0 Å². The molecule has 22 heavy (non-hydrogen) atoms. The van der Waals surface area contributed by atoms with Gasteiger partial charge in [-0.25, -0.2) is 13.1 Å². The molecule has 0 spiro atoms. The lowest BCUT2D eigenvalue weighted by molar-refractivity contribution is 0.331. The van der Waals surface area contributed by atoms with Crippen molar-refractivity contribution in [3.05, 3.63) is 59.7 Å². The van der Waals surface area contributed by atoms with Crippen LogP contribution in [-0.4, -0.2) is 21.6 Å². The minimum atomic E-state index is -3.58. The van der Waals surface area contributed by atoms with Crippen LogP contribution in [0.1, 0.15) is 18.1 Å². The molecule has 0 aliphatic carbocycles. The SMILES string of the molecule is CCOc1ccc(C)cc1S(=O)(=O)NCCc1ccccc1. The quantitative estimate of drug-likeness (QED) is 0.854. The van der Waals surface area contributed by atoms with E-state index in [0.29, 0.717) is 25.3 Å². The number of rotatable bonds is 7. The van der Waals surface area contributed by atoms with Gasteiger partial charge in [-0.2, -0.15) is 0 Å². The highest BCUT2D eigenvalue weighted by atomic mass is 32.2. The van der Waals surface area contributed by atoms with Crippen LogP contribution < -0.4 is 9.46 Å². The van der Waals surface area contributed by atoms with Crippen molar-refractivity contribution < 1.29 is 13.2 Å². The van der Waals surface area contributed by atoms with Crippen LogP contribution in [0.2, 0.25) is 0 Å². The molecule has 0 amide bonds. The van der Waals surface area contributed by atoms with E-state index in [9.17, 15) is 8.42 Å². The maximum Gasteiger partial charge on any atom is 0.244 e. The van der Waals surface area contributed by atoms with Crippen LogP contribution in [0.5, 0.6) is 5.75 Å². The average molecular weight is 319 g/mol.